The van der Waals surface area contributed by atoms with Crippen LogP contribution in [0, 0.1) is 0 Å². The minimum absolute atomic E-state index is 0.0592. The molecule has 0 aliphatic carbocycles. The van der Waals surface area contributed by atoms with Gasteiger partial charge >= 0.3 is 6.18 Å². The average Bonchev–Trinajstić information content (AvgIpc) is 2.59. The fourth-order valence-corrected chi connectivity index (χ4v) is 1.24. The van der Waals surface area contributed by atoms with Crippen molar-refractivity contribution in [2.45, 2.75) is 33.9 Å². The van der Waals surface area contributed by atoms with E-state index in [0.29, 0.717) is 5.70 Å². The van der Waals surface area contributed by atoms with Crippen molar-refractivity contribution in [1.82, 2.24) is 9.78 Å². The van der Waals surface area contributed by atoms with Crippen LogP contribution in [-0.4, -0.2) is 15.6 Å². The Labute approximate surface area is 96.9 Å². The number of allylic oxidation sites excluding steroid dienone is 2. The number of carbonyl (C=O) groups is 1. The molecular formula is C11H13F3N2O. The molecule has 0 unspecified atom stereocenters. The third kappa shape index (κ3) is 2.75. The normalized spacial score (nSPS) is 11.5. The van der Waals surface area contributed by atoms with E-state index in [4.69, 9.17) is 0 Å². The molecule has 0 aromatic carbocycles. The van der Waals surface area contributed by atoms with Crippen LogP contribution in [0.15, 0.2) is 11.6 Å². The topological polar surface area (TPSA) is 34.9 Å². The standard InChI is InChI=1S/C11H13F3N2O/c1-6(2)7(3)16-9(8(4)17)5-10(15-16)11(12,13)14/h5H,1-4H3. The van der Waals surface area contributed by atoms with Gasteiger partial charge in [-0.1, -0.05) is 5.57 Å². The van der Waals surface area contributed by atoms with Crippen LogP contribution in [0.3, 0.4) is 0 Å². The minimum atomic E-state index is -4.54. The van der Waals surface area contributed by atoms with Crippen molar-refractivity contribution in [3.05, 3.63) is 23.0 Å². The number of carbonyl (C=O) groups excluding carboxylic acids is 1. The van der Waals surface area contributed by atoms with Crippen molar-refractivity contribution in [3.63, 3.8) is 0 Å². The van der Waals surface area contributed by atoms with E-state index in [-0.39, 0.29) is 5.69 Å². The van der Waals surface area contributed by atoms with Crippen LogP contribution in [0.4, 0.5) is 13.2 Å². The van der Waals surface area contributed by atoms with Gasteiger partial charge < -0.3 is 0 Å². The molecule has 0 atom stereocenters. The van der Waals surface area contributed by atoms with Crippen molar-refractivity contribution < 1.29 is 18.0 Å². The Morgan fingerprint density at radius 1 is 1.24 bits per heavy atom. The maximum atomic E-state index is 12.5. The number of rotatable bonds is 2. The molecule has 0 amide bonds. The summed E-state index contributed by atoms with van der Waals surface area (Å²) in [4.78, 5) is 11.3. The highest BCUT2D eigenvalue weighted by atomic mass is 19.4. The van der Waals surface area contributed by atoms with Crippen molar-refractivity contribution in [2.24, 2.45) is 0 Å². The zero-order chi connectivity index (χ0) is 13.4. The smallest absolute Gasteiger partial charge is 0.293 e. The van der Waals surface area contributed by atoms with Crippen LogP contribution < -0.4 is 0 Å². The molecule has 1 aromatic rings. The number of halogens is 3. The predicted molar refractivity (Wildman–Crippen MR) is 57.5 cm³/mol. The van der Waals surface area contributed by atoms with Gasteiger partial charge in [-0.3, -0.25) is 4.79 Å². The van der Waals surface area contributed by atoms with Crippen molar-refractivity contribution in [3.8, 4) is 0 Å². The quantitative estimate of drug-likeness (QED) is 0.750. The maximum absolute atomic E-state index is 12.5. The lowest BCUT2D eigenvalue weighted by Crippen LogP contribution is -2.09. The number of Topliss-reactive ketones (excluding diaryl/α,β-unsaturated/α-hetero) is 1. The summed E-state index contributed by atoms with van der Waals surface area (Å²) in [6.45, 7) is 6.32. The van der Waals surface area contributed by atoms with E-state index in [1.54, 1.807) is 20.8 Å². The first-order valence-corrected chi connectivity index (χ1v) is 4.97. The second-order valence-electron chi connectivity index (χ2n) is 3.97. The van der Waals surface area contributed by atoms with Crippen LogP contribution in [0.5, 0.6) is 0 Å². The summed E-state index contributed by atoms with van der Waals surface area (Å²) in [6.07, 6.45) is -4.54. The predicted octanol–water partition coefficient (Wildman–Crippen LogP) is 3.38. The highest BCUT2D eigenvalue weighted by molar-refractivity contribution is 5.93. The van der Waals surface area contributed by atoms with Gasteiger partial charge in [0.2, 0.25) is 0 Å². The molecular weight excluding hydrogens is 233 g/mol. The van der Waals surface area contributed by atoms with Gasteiger partial charge in [-0.2, -0.15) is 18.3 Å². The molecule has 0 bridgehead atoms. The summed E-state index contributed by atoms with van der Waals surface area (Å²) >= 11 is 0. The van der Waals surface area contributed by atoms with E-state index < -0.39 is 17.7 Å². The summed E-state index contributed by atoms with van der Waals surface area (Å²) < 4.78 is 38.6. The van der Waals surface area contributed by atoms with Gasteiger partial charge in [0.15, 0.2) is 11.5 Å². The third-order valence-electron chi connectivity index (χ3n) is 2.40. The summed E-state index contributed by atoms with van der Waals surface area (Å²) in [7, 11) is 0. The van der Waals surface area contributed by atoms with Crippen LogP contribution in [-0.2, 0) is 6.18 Å². The SMILES string of the molecule is CC(=O)c1cc(C(F)(F)F)nn1C(C)=C(C)C. The van der Waals surface area contributed by atoms with Crippen LogP contribution >= 0.6 is 0 Å². The molecule has 1 aromatic heterocycles. The van der Waals surface area contributed by atoms with Gasteiger partial charge in [-0.15, -0.1) is 0 Å². The van der Waals surface area contributed by atoms with Gasteiger partial charge in [-0.05, 0) is 20.8 Å². The van der Waals surface area contributed by atoms with E-state index in [1.807, 2.05) is 0 Å². The van der Waals surface area contributed by atoms with Crippen LogP contribution in [0.25, 0.3) is 5.70 Å². The first-order valence-electron chi connectivity index (χ1n) is 4.97. The molecule has 6 heteroatoms. The lowest BCUT2D eigenvalue weighted by Gasteiger charge is -2.07. The van der Waals surface area contributed by atoms with Gasteiger partial charge in [0.1, 0.15) is 5.69 Å². The molecule has 94 valence electrons. The molecule has 0 radical (unpaired) electrons. The first-order chi connectivity index (χ1) is 7.64. The molecule has 0 aliphatic rings. The zero-order valence-electron chi connectivity index (χ0n) is 10.0. The number of nitrogens with zero attached hydrogens (tertiary/aromatic N) is 2. The number of alkyl halides is 3. The van der Waals surface area contributed by atoms with E-state index in [2.05, 4.69) is 5.10 Å². The monoisotopic (exact) mass is 246 g/mol. The zero-order valence-corrected chi connectivity index (χ0v) is 10.0. The van der Waals surface area contributed by atoms with Crippen molar-refractivity contribution in [2.75, 3.05) is 0 Å². The summed E-state index contributed by atoms with van der Waals surface area (Å²) in [5.74, 6) is -0.450. The molecule has 3 nitrogen and oxygen atoms in total. The summed E-state index contributed by atoms with van der Waals surface area (Å²) in [6, 6.07) is 0.773. The molecule has 0 N–H and O–H groups in total. The molecule has 17 heavy (non-hydrogen) atoms. The second kappa shape index (κ2) is 4.35. The molecule has 0 saturated carbocycles. The first kappa shape index (κ1) is 13.5. The molecule has 1 rings (SSSR count). The minimum Gasteiger partial charge on any atom is -0.293 e. The molecule has 0 spiro atoms. The van der Waals surface area contributed by atoms with Crippen LogP contribution in [0.2, 0.25) is 0 Å². The Morgan fingerprint density at radius 2 is 1.76 bits per heavy atom. The molecule has 0 saturated heterocycles. The largest absolute Gasteiger partial charge is 0.435 e. The number of hydrogen-bond donors (Lipinski definition) is 0. The highest BCUT2D eigenvalue weighted by Crippen LogP contribution is 2.29. The molecule has 1 heterocycles. The Kier molecular flexibility index (Phi) is 3.45. The van der Waals surface area contributed by atoms with E-state index in [9.17, 15) is 18.0 Å². The Bertz CT molecular complexity index is 479. The summed E-state index contributed by atoms with van der Waals surface area (Å²) in [5.41, 5.74) is 0.203. The Morgan fingerprint density at radius 3 is 2.12 bits per heavy atom. The van der Waals surface area contributed by atoms with Crippen molar-refractivity contribution in [1.29, 1.82) is 0 Å². The Hall–Kier alpha value is -1.59. The van der Waals surface area contributed by atoms with Gasteiger partial charge in [0.05, 0.1) is 0 Å². The molecule has 0 fully saturated rings. The van der Waals surface area contributed by atoms with E-state index >= 15 is 0 Å². The second-order valence-corrected chi connectivity index (χ2v) is 3.97. The lowest BCUT2D eigenvalue weighted by molar-refractivity contribution is -0.141. The van der Waals surface area contributed by atoms with Crippen LogP contribution in [0.1, 0.15) is 43.9 Å². The Balaban J connectivity index is 3.45. The fraction of sp³-hybridized carbons (Fsp3) is 0.455. The van der Waals surface area contributed by atoms with Crippen molar-refractivity contribution >= 4 is 11.5 Å². The van der Waals surface area contributed by atoms with E-state index in [1.165, 1.54) is 6.92 Å². The average molecular weight is 246 g/mol. The van der Waals surface area contributed by atoms with Gasteiger partial charge in [0.25, 0.3) is 0 Å². The number of aromatic nitrogens is 2. The molecule has 0 aliphatic heterocycles. The fourth-order valence-electron chi connectivity index (χ4n) is 1.24. The number of hydrogen-bond acceptors (Lipinski definition) is 2. The highest BCUT2D eigenvalue weighted by Gasteiger charge is 2.35. The van der Waals surface area contributed by atoms with E-state index in [0.717, 1.165) is 16.3 Å². The third-order valence-corrected chi connectivity index (χ3v) is 2.40. The van der Waals surface area contributed by atoms with Gasteiger partial charge in [0, 0.05) is 18.7 Å². The van der Waals surface area contributed by atoms with Gasteiger partial charge in [-0.25, -0.2) is 4.68 Å². The number of ketones is 1. The summed E-state index contributed by atoms with van der Waals surface area (Å²) in [5, 5.41) is 3.44. The maximum Gasteiger partial charge on any atom is 0.435 e. The lowest BCUT2D eigenvalue weighted by atomic mass is 10.2.